The number of nitrogen functional groups attached to an aromatic ring is 1. The highest BCUT2D eigenvalue weighted by atomic mass is 16.4. The van der Waals surface area contributed by atoms with Gasteiger partial charge in [0.15, 0.2) is 0 Å². The van der Waals surface area contributed by atoms with E-state index in [9.17, 15) is 9.59 Å². The third-order valence-electron chi connectivity index (χ3n) is 3.67. The van der Waals surface area contributed by atoms with Crippen molar-refractivity contribution in [2.45, 2.75) is 0 Å². The lowest BCUT2D eigenvalue weighted by atomic mass is 10.2. The molecule has 0 amide bonds. The number of anilines is 2. The third-order valence-corrected chi connectivity index (χ3v) is 3.67. The Morgan fingerprint density at radius 1 is 0.759 bits per heavy atom. The van der Waals surface area contributed by atoms with Crippen LogP contribution in [0.2, 0.25) is 0 Å². The molecule has 8 nitrogen and oxygen atoms in total. The lowest BCUT2D eigenvalue weighted by molar-refractivity contribution is 0.0687. The van der Waals surface area contributed by atoms with Gasteiger partial charge in [-0.1, -0.05) is 54.6 Å². The molecule has 0 unspecified atom stereocenters. The second kappa shape index (κ2) is 10.9. The van der Waals surface area contributed by atoms with Gasteiger partial charge in [-0.2, -0.15) is 5.10 Å². The van der Waals surface area contributed by atoms with Gasteiger partial charge in [0.25, 0.3) is 0 Å². The van der Waals surface area contributed by atoms with Gasteiger partial charge in [0, 0.05) is 0 Å². The lowest BCUT2D eigenvalue weighted by Crippen LogP contribution is -2.11. The summed E-state index contributed by atoms with van der Waals surface area (Å²) in [4.78, 5) is 21.4. The minimum atomic E-state index is -0.987. The number of hydrogen-bond donors (Lipinski definition) is 5. The van der Waals surface area contributed by atoms with Crippen molar-refractivity contribution in [2.75, 3.05) is 10.9 Å². The SMILES string of the molecule is NNc1ccccc1C(=O)O.O=C(O)c1ccccc1N/N=C/c1ccccc1. The zero-order valence-electron chi connectivity index (χ0n) is 15.3. The number of para-hydroxylation sites is 2. The molecular weight excluding hydrogens is 372 g/mol. The Morgan fingerprint density at radius 3 is 1.76 bits per heavy atom. The molecule has 3 aromatic carbocycles. The number of carbonyl (C=O) groups is 2. The quantitative estimate of drug-likeness (QED) is 0.246. The van der Waals surface area contributed by atoms with Crippen LogP contribution in [0.15, 0.2) is 84.0 Å². The summed E-state index contributed by atoms with van der Waals surface area (Å²) in [5.41, 5.74) is 7.23. The summed E-state index contributed by atoms with van der Waals surface area (Å²) >= 11 is 0. The molecule has 0 aromatic heterocycles. The van der Waals surface area contributed by atoms with Gasteiger partial charge >= 0.3 is 11.9 Å². The first kappa shape index (κ1) is 21.1. The summed E-state index contributed by atoms with van der Waals surface area (Å²) in [5, 5.41) is 21.6. The van der Waals surface area contributed by atoms with Crippen molar-refractivity contribution in [2.24, 2.45) is 10.9 Å². The van der Waals surface area contributed by atoms with Crippen LogP contribution in [0.1, 0.15) is 26.3 Å². The highest BCUT2D eigenvalue weighted by molar-refractivity contribution is 5.94. The van der Waals surface area contributed by atoms with Crippen molar-refractivity contribution in [3.05, 3.63) is 95.6 Å². The topological polar surface area (TPSA) is 137 Å². The molecule has 6 N–H and O–H groups in total. The fourth-order valence-corrected chi connectivity index (χ4v) is 2.28. The van der Waals surface area contributed by atoms with Gasteiger partial charge in [0.05, 0.1) is 28.7 Å². The maximum atomic E-state index is 11.0. The Kier molecular flexibility index (Phi) is 7.91. The zero-order chi connectivity index (χ0) is 21.1. The number of nitrogens with zero attached hydrogens (tertiary/aromatic N) is 1. The van der Waals surface area contributed by atoms with Crippen LogP contribution in [-0.4, -0.2) is 28.4 Å². The van der Waals surface area contributed by atoms with E-state index in [-0.39, 0.29) is 11.1 Å². The van der Waals surface area contributed by atoms with Gasteiger partial charge in [-0.3, -0.25) is 11.3 Å². The Hall–Kier alpha value is -4.17. The minimum Gasteiger partial charge on any atom is -0.478 e. The second-order valence-corrected chi connectivity index (χ2v) is 5.63. The molecule has 29 heavy (non-hydrogen) atoms. The number of rotatable bonds is 6. The Balaban J connectivity index is 0.000000234. The molecule has 3 aromatic rings. The zero-order valence-corrected chi connectivity index (χ0v) is 15.3. The average Bonchev–Trinajstić information content (AvgIpc) is 2.75. The van der Waals surface area contributed by atoms with Crippen molar-refractivity contribution < 1.29 is 19.8 Å². The molecule has 0 radical (unpaired) electrons. The predicted molar refractivity (Wildman–Crippen MR) is 112 cm³/mol. The van der Waals surface area contributed by atoms with E-state index < -0.39 is 11.9 Å². The number of nitrogens with one attached hydrogen (secondary N) is 2. The monoisotopic (exact) mass is 392 g/mol. The largest absolute Gasteiger partial charge is 0.478 e. The summed E-state index contributed by atoms with van der Waals surface area (Å²) in [6.07, 6.45) is 1.64. The summed E-state index contributed by atoms with van der Waals surface area (Å²) in [7, 11) is 0. The van der Waals surface area contributed by atoms with Crippen LogP contribution in [0.25, 0.3) is 0 Å². The maximum absolute atomic E-state index is 11.0. The third kappa shape index (κ3) is 6.49. The van der Waals surface area contributed by atoms with Gasteiger partial charge in [-0.05, 0) is 29.8 Å². The molecule has 0 aliphatic rings. The van der Waals surface area contributed by atoms with E-state index in [4.69, 9.17) is 16.1 Å². The van der Waals surface area contributed by atoms with E-state index in [2.05, 4.69) is 16.0 Å². The molecule has 0 saturated carbocycles. The smallest absolute Gasteiger partial charge is 0.337 e. The number of aromatic carboxylic acids is 2. The molecule has 0 spiro atoms. The Morgan fingerprint density at radius 2 is 1.24 bits per heavy atom. The van der Waals surface area contributed by atoms with Crippen LogP contribution < -0.4 is 16.7 Å². The molecule has 0 aliphatic carbocycles. The van der Waals surface area contributed by atoms with Crippen molar-refractivity contribution >= 4 is 29.5 Å². The highest BCUT2D eigenvalue weighted by Crippen LogP contribution is 2.14. The number of carboxylic acids is 2. The van der Waals surface area contributed by atoms with Gasteiger partial charge in [0.2, 0.25) is 0 Å². The molecule has 0 atom stereocenters. The molecular formula is C21H20N4O4. The molecule has 0 fully saturated rings. The van der Waals surface area contributed by atoms with E-state index in [1.165, 1.54) is 12.1 Å². The Bertz CT molecular complexity index is 991. The van der Waals surface area contributed by atoms with Crippen LogP contribution in [0, 0.1) is 0 Å². The fourth-order valence-electron chi connectivity index (χ4n) is 2.28. The summed E-state index contributed by atoms with van der Waals surface area (Å²) in [6.45, 7) is 0. The number of benzene rings is 3. The highest BCUT2D eigenvalue weighted by Gasteiger charge is 2.07. The molecule has 0 heterocycles. The van der Waals surface area contributed by atoms with Crippen LogP contribution in [0.4, 0.5) is 11.4 Å². The predicted octanol–water partition coefficient (Wildman–Crippen LogP) is 3.50. The molecule has 0 aliphatic heterocycles. The average molecular weight is 392 g/mol. The first-order valence-corrected chi connectivity index (χ1v) is 8.48. The van der Waals surface area contributed by atoms with Crippen molar-refractivity contribution in [1.82, 2.24) is 0 Å². The van der Waals surface area contributed by atoms with E-state index in [1.807, 2.05) is 30.3 Å². The van der Waals surface area contributed by atoms with Crippen molar-refractivity contribution in [3.63, 3.8) is 0 Å². The second-order valence-electron chi connectivity index (χ2n) is 5.63. The van der Waals surface area contributed by atoms with Gasteiger partial charge in [-0.25, -0.2) is 9.59 Å². The number of hydrogen-bond acceptors (Lipinski definition) is 6. The van der Waals surface area contributed by atoms with Gasteiger partial charge in [0.1, 0.15) is 0 Å². The lowest BCUT2D eigenvalue weighted by Gasteiger charge is -2.03. The minimum absolute atomic E-state index is 0.176. The number of hydrazine groups is 1. The molecule has 0 saturated heterocycles. The molecule has 3 rings (SSSR count). The van der Waals surface area contributed by atoms with Crippen molar-refractivity contribution in [1.29, 1.82) is 0 Å². The number of carboxylic acid groups (broad SMARTS) is 2. The fraction of sp³-hybridized carbons (Fsp3) is 0. The maximum Gasteiger partial charge on any atom is 0.337 e. The molecule has 0 bridgehead atoms. The summed E-state index contributed by atoms with van der Waals surface area (Å²) < 4.78 is 0. The van der Waals surface area contributed by atoms with E-state index in [0.29, 0.717) is 11.4 Å². The standard InChI is InChI=1S/C14H12N2O2.C7H8N2O2/c17-14(18)12-8-4-5-9-13(12)16-15-10-11-6-2-1-3-7-11;8-9-6-4-2-1-3-5(6)7(10)11/h1-10,16H,(H,17,18);1-4,9H,8H2,(H,10,11)/b15-10+;. The van der Waals surface area contributed by atoms with Crippen LogP contribution in [-0.2, 0) is 0 Å². The van der Waals surface area contributed by atoms with Crippen LogP contribution >= 0.6 is 0 Å². The number of nitrogens with two attached hydrogens (primary N) is 1. The summed E-state index contributed by atoms with van der Waals surface area (Å²) in [5.74, 6) is 3.11. The van der Waals surface area contributed by atoms with Gasteiger partial charge < -0.3 is 15.6 Å². The van der Waals surface area contributed by atoms with Crippen molar-refractivity contribution in [3.8, 4) is 0 Å². The Labute approximate surface area is 167 Å². The van der Waals surface area contributed by atoms with Crippen LogP contribution in [0.5, 0.6) is 0 Å². The molecule has 8 heteroatoms. The first-order chi connectivity index (χ1) is 14.0. The molecule has 148 valence electrons. The normalized spacial score (nSPS) is 9.97. The first-order valence-electron chi connectivity index (χ1n) is 8.48. The van der Waals surface area contributed by atoms with E-state index in [0.717, 1.165) is 5.56 Å². The van der Waals surface area contributed by atoms with E-state index >= 15 is 0 Å². The van der Waals surface area contributed by atoms with Crippen LogP contribution in [0.3, 0.4) is 0 Å². The van der Waals surface area contributed by atoms with E-state index in [1.54, 1.807) is 42.6 Å². The summed E-state index contributed by atoms with van der Waals surface area (Å²) in [6, 6.07) is 22.6. The van der Waals surface area contributed by atoms with Gasteiger partial charge in [-0.15, -0.1) is 0 Å². The number of hydrazone groups is 1.